The quantitative estimate of drug-likeness (QED) is 0.0876. The van der Waals surface area contributed by atoms with Crippen LogP contribution in [0.25, 0.3) is 0 Å². The number of fused-ring (bicyclic) bond motifs is 7. The summed E-state index contributed by atoms with van der Waals surface area (Å²) in [5, 5.41) is 10.8. The Hall–Kier alpha value is -0.830. The van der Waals surface area contributed by atoms with E-state index in [4.69, 9.17) is 4.74 Å². The van der Waals surface area contributed by atoms with E-state index < -0.39 is 0 Å². The van der Waals surface area contributed by atoms with Crippen molar-refractivity contribution in [3.63, 3.8) is 0 Å². The first-order valence-electron chi connectivity index (χ1n) is 22.7. The van der Waals surface area contributed by atoms with Gasteiger partial charge in [-0.25, -0.2) is 0 Å². The van der Waals surface area contributed by atoms with Gasteiger partial charge in [-0.3, -0.25) is 4.79 Å². The first-order chi connectivity index (χ1) is 24.2. The van der Waals surface area contributed by atoms with Crippen LogP contribution in [-0.2, 0) is 9.53 Å². The van der Waals surface area contributed by atoms with E-state index in [-0.39, 0.29) is 39.1 Å². The molecule has 5 rings (SSSR count). The van der Waals surface area contributed by atoms with Crippen LogP contribution in [0.2, 0.25) is 0 Å². The minimum Gasteiger partial charge on any atom is -0.462 e. The summed E-state index contributed by atoms with van der Waals surface area (Å²) in [6, 6.07) is 0. The fourth-order valence-corrected chi connectivity index (χ4v) is 13.7. The van der Waals surface area contributed by atoms with Gasteiger partial charge in [-0.15, -0.1) is 0 Å². The largest absolute Gasteiger partial charge is 0.462 e. The van der Waals surface area contributed by atoms with Crippen LogP contribution in [0.1, 0.15) is 222 Å². The minimum atomic E-state index is -0.00403. The van der Waals surface area contributed by atoms with E-state index in [0.29, 0.717) is 36.2 Å². The molecule has 3 heteroatoms. The van der Waals surface area contributed by atoms with Gasteiger partial charge in [0.2, 0.25) is 0 Å². The van der Waals surface area contributed by atoms with Crippen molar-refractivity contribution in [2.45, 2.75) is 228 Å². The second kappa shape index (κ2) is 16.9. The molecule has 51 heavy (non-hydrogen) atoms. The fourth-order valence-electron chi connectivity index (χ4n) is 13.7. The van der Waals surface area contributed by atoms with Gasteiger partial charge in [0, 0.05) is 23.9 Å². The summed E-state index contributed by atoms with van der Waals surface area (Å²) in [4.78, 5) is 13.2. The number of allylic oxidation sites excluding steroid dienone is 2. The lowest BCUT2D eigenvalue weighted by Crippen LogP contribution is -2.65. The topological polar surface area (TPSA) is 46.5 Å². The number of hydrogen-bond acceptors (Lipinski definition) is 3. The molecule has 0 aromatic rings. The molecule has 5 aliphatic carbocycles. The van der Waals surface area contributed by atoms with Crippen LogP contribution in [0.4, 0.5) is 0 Å². The Morgan fingerprint density at radius 1 is 0.706 bits per heavy atom. The molecular formula is C48H84O3. The highest BCUT2D eigenvalue weighted by Gasteiger charge is 2.68. The molecule has 8 atom stereocenters. The Morgan fingerprint density at radius 2 is 1.27 bits per heavy atom. The lowest BCUT2D eigenvalue weighted by atomic mass is 9.33. The number of aliphatic hydroxyl groups is 1. The highest BCUT2D eigenvalue weighted by molar-refractivity contribution is 5.69. The van der Waals surface area contributed by atoms with Gasteiger partial charge in [0.1, 0.15) is 6.10 Å². The number of ether oxygens (including phenoxy) is 1. The molecular weight excluding hydrogens is 625 g/mol. The number of rotatable bonds is 18. The summed E-state index contributed by atoms with van der Waals surface area (Å²) in [7, 11) is 0. The van der Waals surface area contributed by atoms with E-state index in [9.17, 15) is 9.90 Å². The maximum atomic E-state index is 13.2. The third kappa shape index (κ3) is 8.39. The van der Waals surface area contributed by atoms with Crippen molar-refractivity contribution in [3.8, 4) is 0 Å². The second-order valence-electron chi connectivity index (χ2n) is 21.3. The molecule has 0 amide bonds. The molecule has 0 spiro atoms. The maximum Gasteiger partial charge on any atom is 0.306 e. The number of unbranched alkanes of at least 4 members (excludes halogenated alkanes) is 14. The van der Waals surface area contributed by atoms with Crippen molar-refractivity contribution in [1.29, 1.82) is 0 Å². The van der Waals surface area contributed by atoms with Crippen molar-refractivity contribution in [2.75, 3.05) is 6.61 Å². The van der Waals surface area contributed by atoms with Crippen LogP contribution in [0.3, 0.4) is 0 Å². The lowest BCUT2D eigenvalue weighted by molar-refractivity contribution is -0.213. The zero-order chi connectivity index (χ0) is 37.0. The van der Waals surface area contributed by atoms with Crippen LogP contribution in [0.15, 0.2) is 11.6 Å². The average molecular weight is 709 g/mol. The standard InChI is InChI=1S/C48H84O3/c1-9-10-11-12-13-14-15-16-17-18-19-20-21-22-23-24-42(50)51-41-28-29-45(6)39(44(41,4)5)27-30-47(8)40(45)26-25-37-38-35-43(2,3)31-33-48(38,36-49)34-32-46(37,47)7/h25,38-41,49H,9-24,26-36H2,1-8H3. The third-order valence-corrected chi connectivity index (χ3v) is 17.3. The van der Waals surface area contributed by atoms with Gasteiger partial charge in [0.25, 0.3) is 0 Å². The van der Waals surface area contributed by atoms with E-state index in [2.05, 4.69) is 61.5 Å². The van der Waals surface area contributed by atoms with Gasteiger partial charge in [0.15, 0.2) is 0 Å². The second-order valence-corrected chi connectivity index (χ2v) is 21.3. The van der Waals surface area contributed by atoms with Crippen molar-refractivity contribution in [2.24, 2.45) is 50.2 Å². The molecule has 0 saturated heterocycles. The fraction of sp³-hybridized carbons (Fsp3) is 0.938. The van der Waals surface area contributed by atoms with Crippen molar-refractivity contribution < 1.29 is 14.6 Å². The van der Waals surface area contributed by atoms with Gasteiger partial charge in [-0.1, -0.05) is 157 Å². The number of aliphatic hydroxyl groups excluding tert-OH is 1. The molecule has 0 aromatic carbocycles. The Bertz CT molecular complexity index is 1170. The SMILES string of the molecule is CCCCCCCCCCCCCCCCCC(=O)OC1CCC2(C)C(CCC3(C)C2CC=C2C4CC(C)(C)CCC4(CO)CCC23C)C1(C)C. The van der Waals surface area contributed by atoms with E-state index in [1.165, 1.54) is 141 Å². The molecule has 0 aromatic heterocycles. The normalized spacial score (nSPS) is 38.1. The minimum absolute atomic E-state index is 0.00403. The molecule has 294 valence electrons. The molecule has 8 unspecified atom stereocenters. The third-order valence-electron chi connectivity index (χ3n) is 17.3. The van der Waals surface area contributed by atoms with E-state index in [1.807, 2.05) is 0 Å². The first kappa shape index (κ1) is 41.3. The maximum absolute atomic E-state index is 13.2. The zero-order valence-corrected chi connectivity index (χ0v) is 35.2. The van der Waals surface area contributed by atoms with Crippen LogP contribution in [0.5, 0.6) is 0 Å². The Labute approximate surface area is 316 Å². The molecule has 0 aliphatic heterocycles. The van der Waals surface area contributed by atoms with Gasteiger partial charge >= 0.3 is 5.97 Å². The molecule has 0 radical (unpaired) electrons. The van der Waals surface area contributed by atoms with E-state index in [1.54, 1.807) is 5.57 Å². The van der Waals surface area contributed by atoms with Crippen LogP contribution in [0, 0.1) is 50.2 Å². The highest BCUT2D eigenvalue weighted by atomic mass is 16.5. The molecule has 0 bridgehead atoms. The van der Waals surface area contributed by atoms with Crippen LogP contribution in [-0.4, -0.2) is 23.8 Å². The summed E-state index contributed by atoms with van der Waals surface area (Å²) < 4.78 is 6.41. The molecule has 5 aliphatic rings. The van der Waals surface area contributed by atoms with Crippen molar-refractivity contribution >= 4 is 5.97 Å². The smallest absolute Gasteiger partial charge is 0.306 e. The predicted octanol–water partition coefficient (Wildman–Crippen LogP) is 14.0. The zero-order valence-electron chi connectivity index (χ0n) is 35.2. The van der Waals surface area contributed by atoms with E-state index >= 15 is 0 Å². The highest BCUT2D eigenvalue weighted by Crippen LogP contribution is 2.75. The molecule has 3 nitrogen and oxygen atoms in total. The van der Waals surface area contributed by atoms with Crippen LogP contribution < -0.4 is 0 Å². The molecule has 4 saturated carbocycles. The summed E-state index contributed by atoms with van der Waals surface area (Å²) in [5.41, 5.74) is 2.93. The summed E-state index contributed by atoms with van der Waals surface area (Å²) >= 11 is 0. The van der Waals surface area contributed by atoms with Gasteiger partial charge in [-0.05, 0) is 110 Å². The van der Waals surface area contributed by atoms with E-state index in [0.717, 1.165) is 19.3 Å². The van der Waals surface area contributed by atoms with Gasteiger partial charge in [0.05, 0.1) is 0 Å². The van der Waals surface area contributed by atoms with Gasteiger partial charge < -0.3 is 9.84 Å². The molecule has 0 heterocycles. The monoisotopic (exact) mass is 709 g/mol. The van der Waals surface area contributed by atoms with Crippen molar-refractivity contribution in [1.82, 2.24) is 0 Å². The van der Waals surface area contributed by atoms with Gasteiger partial charge in [-0.2, -0.15) is 0 Å². The number of hydrogen-bond donors (Lipinski definition) is 1. The summed E-state index contributed by atoms with van der Waals surface area (Å²) in [5.74, 6) is 1.82. The summed E-state index contributed by atoms with van der Waals surface area (Å²) in [6.45, 7) is 20.4. The Kier molecular flexibility index (Phi) is 13.7. The molecule has 4 fully saturated rings. The Morgan fingerprint density at radius 3 is 1.86 bits per heavy atom. The Balaban J connectivity index is 1.08. The summed E-state index contributed by atoms with van der Waals surface area (Å²) in [6.07, 6.45) is 35.5. The number of esters is 1. The molecule has 1 N–H and O–H groups in total. The number of carbonyl (C=O) groups is 1. The first-order valence-corrected chi connectivity index (χ1v) is 22.7. The number of carbonyl (C=O) groups excluding carboxylic acids is 1. The lowest BCUT2D eigenvalue weighted by Gasteiger charge is -2.71. The van der Waals surface area contributed by atoms with Crippen LogP contribution >= 0.6 is 0 Å². The predicted molar refractivity (Wildman–Crippen MR) is 216 cm³/mol. The van der Waals surface area contributed by atoms with Crippen molar-refractivity contribution in [3.05, 3.63) is 11.6 Å². The average Bonchev–Trinajstić information content (AvgIpc) is 3.08.